The van der Waals surface area contributed by atoms with Crippen molar-refractivity contribution in [2.75, 3.05) is 12.8 Å². The van der Waals surface area contributed by atoms with Crippen LogP contribution >= 0.6 is 11.8 Å². The molecule has 0 aliphatic carbocycles. The zero-order chi connectivity index (χ0) is 12.1. The lowest BCUT2D eigenvalue weighted by atomic mass is 10.3. The number of carbonyl (C=O) groups excluding carboxylic acids is 1. The highest BCUT2D eigenvalue weighted by atomic mass is 32.2. The highest BCUT2D eigenvalue weighted by Gasteiger charge is 2.13. The quantitative estimate of drug-likeness (QED) is 0.766. The molecule has 0 aromatic heterocycles. The van der Waals surface area contributed by atoms with Gasteiger partial charge in [-0.25, -0.2) is 8.78 Å². The number of thioether (sulfide) groups is 1. The van der Waals surface area contributed by atoms with Gasteiger partial charge in [-0.15, -0.1) is 11.8 Å². The van der Waals surface area contributed by atoms with Crippen LogP contribution in [0.5, 0.6) is 0 Å². The SMILES string of the molecule is CNC(CSc1ccc(F)c(F)c1)C(N)=O. The number of primary amides is 1. The molecule has 0 heterocycles. The first-order valence-corrected chi connectivity index (χ1v) is 5.57. The molecule has 0 aliphatic rings. The second-order valence-electron chi connectivity index (χ2n) is 3.13. The smallest absolute Gasteiger partial charge is 0.235 e. The number of hydrogen-bond donors (Lipinski definition) is 2. The van der Waals surface area contributed by atoms with E-state index in [0.29, 0.717) is 10.6 Å². The molecule has 0 fully saturated rings. The molecule has 16 heavy (non-hydrogen) atoms. The summed E-state index contributed by atoms with van der Waals surface area (Å²) in [5.41, 5.74) is 5.12. The van der Waals surface area contributed by atoms with E-state index >= 15 is 0 Å². The molecule has 1 atom stereocenters. The van der Waals surface area contributed by atoms with Gasteiger partial charge < -0.3 is 11.1 Å². The number of likely N-dealkylation sites (N-methyl/N-ethyl adjacent to an activating group) is 1. The molecule has 0 saturated carbocycles. The van der Waals surface area contributed by atoms with Gasteiger partial charge in [0.05, 0.1) is 6.04 Å². The van der Waals surface area contributed by atoms with E-state index in [2.05, 4.69) is 5.32 Å². The zero-order valence-corrected chi connectivity index (χ0v) is 9.48. The van der Waals surface area contributed by atoms with Crippen LogP contribution in [0.15, 0.2) is 23.1 Å². The Balaban J connectivity index is 2.60. The lowest BCUT2D eigenvalue weighted by molar-refractivity contribution is -0.119. The number of halogens is 2. The normalized spacial score (nSPS) is 12.4. The molecular formula is C10H12F2N2OS. The fourth-order valence-electron chi connectivity index (χ4n) is 1.05. The van der Waals surface area contributed by atoms with Crippen molar-refractivity contribution < 1.29 is 13.6 Å². The van der Waals surface area contributed by atoms with Crippen molar-refractivity contribution in [2.24, 2.45) is 5.73 Å². The highest BCUT2D eigenvalue weighted by Crippen LogP contribution is 2.20. The average Bonchev–Trinajstić information content (AvgIpc) is 2.23. The molecule has 0 bridgehead atoms. The van der Waals surface area contributed by atoms with Crippen LogP contribution in [0.1, 0.15) is 0 Å². The minimum absolute atomic E-state index is 0.372. The topological polar surface area (TPSA) is 55.1 Å². The van der Waals surface area contributed by atoms with E-state index in [0.717, 1.165) is 12.1 Å². The number of hydrogen-bond acceptors (Lipinski definition) is 3. The Hall–Kier alpha value is -1.14. The Morgan fingerprint density at radius 2 is 2.19 bits per heavy atom. The molecule has 1 amide bonds. The summed E-state index contributed by atoms with van der Waals surface area (Å²) in [5, 5.41) is 2.73. The minimum Gasteiger partial charge on any atom is -0.368 e. The van der Waals surface area contributed by atoms with Gasteiger partial charge in [0.1, 0.15) is 0 Å². The van der Waals surface area contributed by atoms with Crippen LogP contribution in [0.25, 0.3) is 0 Å². The zero-order valence-electron chi connectivity index (χ0n) is 8.67. The van der Waals surface area contributed by atoms with Crippen LogP contribution in [0.4, 0.5) is 8.78 Å². The van der Waals surface area contributed by atoms with Gasteiger partial charge in [-0.1, -0.05) is 0 Å². The van der Waals surface area contributed by atoms with Gasteiger partial charge in [0.2, 0.25) is 5.91 Å². The number of nitrogens with two attached hydrogens (primary N) is 1. The summed E-state index contributed by atoms with van der Waals surface area (Å²) in [5.74, 6) is -1.89. The maximum absolute atomic E-state index is 12.8. The third kappa shape index (κ3) is 3.46. The van der Waals surface area contributed by atoms with Crippen LogP contribution < -0.4 is 11.1 Å². The summed E-state index contributed by atoms with van der Waals surface area (Å²) in [4.78, 5) is 11.4. The predicted molar refractivity (Wildman–Crippen MR) is 59.1 cm³/mol. The third-order valence-electron chi connectivity index (χ3n) is 2.00. The Kier molecular flexibility index (Phi) is 4.70. The summed E-state index contributed by atoms with van der Waals surface area (Å²) in [7, 11) is 1.61. The van der Waals surface area contributed by atoms with Crippen molar-refractivity contribution in [3.8, 4) is 0 Å². The van der Waals surface area contributed by atoms with Crippen LogP contribution in [-0.2, 0) is 4.79 Å². The van der Waals surface area contributed by atoms with E-state index in [1.54, 1.807) is 7.05 Å². The van der Waals surface area contributed by atoms with Crippen molar-refractivity contribution in [3.05, 3.63) is 29.8 Å². The first kappa shape index (κ1) is 12.9. The molecule has 0 saturated heterocycles. The third-order valence-corrected chi connectivity index (χ3v) is 3.09. The fourth-order valence-corrected chi connectivity index (χ4v) is 2.10. The molecule has 3 nitrogen and oxygen atoms in total. The van der Waals surface area contributed by atoms with E-state index in [-0.39, 0.29) is 0 Å². The molecule has 6 heteroatoms. The molecule has 0 aliphatic heterocycles. The largest absolute Gasteiger partial charge is 0.368 e. The standard InChI is InChI=1S/C10H12F2N2OS/c1-14-9(10(13)15)5-16-6-2-3-7(11)8(12)4-6/h2-4,9,14H,5H2,1H3,(H2,13,15). The number of amides is 1. The number of benzene rings is 1. The number of carbonyl (C=O) groups is 1. The second kappa shape index (κ2) is 5.81. The molecule has 0 spiro atoms. The van der Waals surface area contributed by atoms with E-state index in [1.165, 1.54) is 17.8 Å². The first-order chi connectivity index (χ1) is 7.54. The minimum atomic E-state index is -0.898. The molecular weight excluding hydrogens is 234 g/mol. The molecule has 1 rings (SSSR count). The van der Waals surface area contributed by atoms with E-state index < -0.39 is 23.6 Å². The van der Waals surface area contributed by atoms with Crippen molar-refractivity contribution in [1.29, 1.82) is 0 Å². The monoisotopic (exact) mass is 246 g/mol. The van der Waals surface area contributed by atoms with Gasteiger partial charge in [0.25, 0.3) is 0 Å². The lowest BCUT2D eigenvalue weighted by Gasteiger charge is -2.11. The lowest BCUT2D eigenvalue weighted by Crippen LogP contribution is -2.41. The number of rotatable bonds is 5. The molecule has 3 N–H and O–H groups in total. The van der Waals surface area contributed by atoms with Crippen molar-refractivity contribution in [2.45, 2.75) is 10.9 Å². The maximum Gasteiger partial charge on any atom is 0.235 e. The van der Waals surface area contributed by atoms with Crippen LogP contribution in [0, 0.1) is 11.6 Å². The maximum atomic E-state index is 12.8. The Morgan fingerprint density at radius 1 is 1.50 bits per heavy atom. The van der Waals surface area contributed by atoms with Crippen LogP contribution in [-0.4, -0.2) is 24.7 Å². The summed E-state index contributed by atoms with van der Waals surface area (Å²) >= 11 is 1.23. The van der Waals surface area contributed by atoms with Crippen LogP contribution in [0.2, 0.25) is 0 Å². The molecule has 88 valence electrons. The summed E-state index contributed by atoms with van der Waals surface area (Å²) in [6, 6.07) is 3.11. The second-order valence-corrected chi connectivity index (χ2v) is 4.22. The average molecular weight is 246 g/mol. The fraction of sp³-hybridized carbons (Fsp3) is 0.300. The molecule has 1 unspecified atom stereocenters. The van der Waals surface area contributed by atoms with Crippen molar-refractivity contribution in [1.82, 2.24) is 5.32 Å². The summed E-state index contributed by atoms with van der Waals surface area (Å²) in [6.07, 6.45) is 0. The van der Waals surface area contributed by atoms with Gasteiger partial charge in [0.15, 0.2) is 11.6 Å². The Bertz CT molecular complexity index is 387. The van der Waals surface area contributed by atoms with Crippen molar-refractivity contribution in [3.63, 3.8) is 0 Å². The molecule has 1 aromatic rings. The van der Waals surface area contributed by atoms with Crippen LogP contribution in [0.3, 0.4) is 0 Å². The van der Waals surface area contributed by atoms with Gasteiger partial charge in [-0.2, -0.15) is 0 Å². The summed E-state index contributed by atoms with van der Waals surface area (Å²) in [6.45, 7) is 0. The van der Waals surface area contributed by atoms with Gasteiger partial charge in [-0.3, -0.25) is 4.79 Å². The first-order valence-electron chi connectivity index (χ1n) is 4.59. The number of nitrogens with one attached hydrogen (secondary N) is 1. The van der Waals surface area contributed by atoms with E-state index in [9.17, 15) is 13.6 Å². The van der Waals surface area contributed by atoms with Gasteiger partial charge in [0, 0.05) is 10.6 Å². The van der Waals surface area contributed by atoms with Gasteiger partial charge >= 0.3 is 0 Å². The van der Waals surface area contributed by atoms with Gasteiger partial charge in [-0.05, 0) is 25.2 Å². The Morgan fingerprint density at radius 3 is 2.69 bits per heavy atom. The Labute approximate surface area is 96.4 Å². The summed E-state index contributed by atoms with van der Waals surface area (Å²) < 4.78 is 25.5. The predicted octanol–water partition coefficient (Wildman–Crippen LogP) is 1.13. The molecule has 1 aromatic carbocycles. The van der Waals surface area contributed by atoms with E-state index in [4.69, 9.17) is 5.73 Å². The molecule has 0 radical (unpaired) electrons. The highest BCUT2D eigenvalue weighted by molar-refractivity contribution is 7.99. The van der Waals surface area contributed by atoms with E-state index in [1.807, 2.05) is 0 Å². The van der Waals surface area contributed by atoms with Crippen molar-refractivity contribution >= 4 is 17.7 Å².